The van der Waals surface area contributed by atoms with Gasteiger partial charge in [-0.15, -0.1) is 0 Å². The fourth-order valence-corrected chi connectivity index (χ4v) is 3.28. The van der Waals surface area contributed by atoms with Crippen molar-refractivity contribution in [1.29, 1.82) is 0 Å². The van der Waals surface area contributed by atoms with E-state index < -0.39 is 0 Å². The van der Waals surface area contributed by atoms with E-state index in [-0.39, 0.29) is 0 Å². The van der Waals surface area contributed by atoms with Crippen LogP contribution in [0.1, 0.15) is 43.6 Å². The molecule has 18 heavy (non-hydrogen) atoms. The molecule has 0 spiro atoms. The average molecular weight is 267 g/mol. The van der Waals surface area contributed by atoms with Crippen LogP contribution >= 0.6 is 11.5 Å². The fraction of sp³-hybridized carbons (Fsp3) is 0.769. The van der Waals surface area contributed by atoms with Crippen LogP contribution < -0.4 is 11.1 Å². The lowest BCUT2D eigenvalue weighted by Crippen LogP contribution is -2.17. The summed E-state index contributed by atoms with van der Waals surface area (Å²) in [6.07, 6.45) is 6.33. The van der Waals surface area contributed by atoms with E-state index in [2.05, 4.69) is 9.69 Å². The minimum absolute atomic E-state index is 0.468. The maximum atomic E-state index is 5.96. The third kappa shape index (κ3) is 2.47. The molecule has 1 heterocycles. The molecular weight excluding hydrogens is 246 g/mol. The summed E-state index contributed by atoms with van der Waals surface area (Å²) in [5.41, 5.74) is 7.70. The van der Waals surface area contributed by atoms with E-state index in [1.165, 1.54) is 47.8 Å². The number of ether oxygens (including phenoxy) is 1. The summed E-state index contributed by atoms with van der Waals surface area (Å²) < 4.78 is 9.48. The molecule has 0 amide bonds. The number of nitrogens with zero attached hydrogens (tertiary/aromatic N) is 1. The number of nitrogens with two attached hydrogens (primary N) is 1. The highest BCUT2D eigenvalue weighted by molar-refractivity contribution is 7.10. The molecule has 0 saturated heterocycles. The minimum Gasteiger partial charge on any atom is -0.385 e. The van der Waals surface area contributed by atoms with Crippen LogP contribution in [0.2, 0.25) is 0 Å². The molecule has 3 rings (SSSR count). The average Bonchev–Trinajstić information content (AvgIpc) is 3.28. The van der Waals surface area contributed by atoms with E-state index in [1.54, 1.807) is 7.11 Å². The fourth-order valence-electron chi connectivity index (χ4n) is 2.48. The summed E-state index contributed by atoms with van der Waals surface area (Å²) in [6.45, 7) is 1.90. The van der Waals surface area contributed by atoms with Gasteiger partial charge in [0.2, 0.25) is 0 Å². The second-order valence-corrected chi connectivity index (χ2v) is 6.45. The zero-order chi connectivity index (χ0) is 12.6. The Kier molecular flexibility index (Phi) is 3.20. The van der Waals surface area contributed by atoms with Crippen LogP contribution in [-0.4, -0.2) is 24.6 Å². The van der Waals surface area contributed by atoms with E-state index in [9.17, 15) is 0 Å². The van der Waals surface area contributed by atoms with E-state index in [0.717, 1.165) is 25.4 Å². The van der Waals surface area contributed by atoms with E-state index in [1.807, 2.05) is 0 Å². The van der Waals surface area contributed by atoms with Crippen LogP contribution in [0.5, 0.6) is 0 Å². The zero-order valence-electron chi connectivity index (χ0n) is 10.9. The predicted molar refractivity (Wildman–Crippen MR) is 75.2 cm³/mol. The largest absolute Gasteiger partial charge is 0.385 e. The SMILES string of the molecule is COCCC1(CNc2snc(N)c2C2CC2)CC1. The highest BCUT2D eigenvalue weighted by Gasteiger charge is 2.42. The molecule has 2 aliphatic rings. The van der Waals surface area contributed by atoms with Crippen molar-refractivity contribution in [3.63, 3.8) is 0 Å². The first-order valence-corrected chi connectivity index (χ1v) is 7.49. The molecule has 2 fully saturated rings. The predicted octanol–water partition coefficient (Wildman–Crippen LogP) is 2.83. The maximum absolute atomic E-state index is 5.96. The van der Waals surface area contributed by atoms with E-state index in [4.69, 9.17) is 10.5 Å². The smallest absolute Gasteiger partial charge is 0.142 e. The van der Waals surface area contributed by atoms with Crippen LogP contribution in [0.15, 0.2) is 0 Å². The van der Waals surface area contributed by atoms with Crippen molar-refractivity contribution >= 4 is 22.4 Å². The van der Waals surface area contributed by atoms with Gasteiger partial charge in [0, 0.05) is 25.8 Å². The molecule has 0 aliphatic heterocycles. The first kappa shape index (κ1) is 12.2. The molecule has 5 heteroatoms. The molecule has 2 saturated carbocycles. The number of hydrogen-bond donors (Lipinski definition) is 2. The Bertz CT molecular complexity index is 424. The number of methoxy groups -OCH3 is 1. The number of anilines is 2. The van der Waals surface area contributed by atoms with E-state index in [0.29, 0.717) is 11.3 Å². The van der Waals surface area contributed by atoms with Crippen molar-refractivity contribution in [3.8, 4) is 0 Å². The summed E-state index contributed by atoms with van der Waals surface area (Å²) >= 11 is 1.52. The lowest BCUT2D eigenvalue weighted by Gasteiger charge is -2.16. The maximum Gasteiger partial charge on any atom is 0.142 e. The molecule has 0 unspecified atom stereocenters. The summed E-state index contributed by atoms with van der Waals surface area (Å²) in [4.78, 5) is 0. The molecule has 2 aliphatic carbocycles. The van der Waals surface area contributed by atoms with E-state index >= 15 is 0 Å². The van der Waals surface area contributed by atoms with Crippen LogP contribution in [0.3, 0.4) is 0 Å². The normalized spacial score (nSPS) is 20.9. The Morgan fingerprint density at radius 1 is 1.50 bits per heavy atom. The van der Waals surface area contributed by atoms with Crippen molar-refractivity contribution in [1.82, 2.24) is 4.37 Å². The van der Waals surface area contributed by atoms with Crippen LogP contribution in [0, 0.1) is 5.41 Å². The van der Waals surface area contributed by atoms with Gasteiger partial charge >= 0.3 is 0 Å². The zero-order valence-corrected chi connectivity index (χ0v) is 11.7. The second-order valence-electron chi connectivity index (χ2n) is 5.68. The van der Waals surface area contributed by atoms with Gasteiger partial charge in [0.1, 0.15) is 10.8 Å². The van der Waals surface area contributed by atoms with Crippen LogP contribution in [-0.2, 0) is 4.74 Å². The number of nitrogen functional groups attached to an aromatic ring is 1. The molecule has 4 nitrogen and oxygen atoms in total. The third-order valence-corrected chi connectivity index (χ3v) is 4.99. The summed E-state index contributed by atoms with van der Waals surface area (Å²) in [5, 5.41) is 4.79. The lowest BCUT2D eigenvalue weighted by atomic mass is 10.0. The Morgan fingerprint density at radius 2 is 2.28 bits per heavy atom. The Balaban J connectivity index is 1.60. The van der Waals surface area contributed by atoms with Gasteiger partial charge in [-0.3, -0.25) is 0 Å². The molecule has 0 atom stereocenters. The van der Waals surface area contributed by atoms with Gasteiger partial charge in [-0.1, -0.05) is 0 Å². The molecule has 100 valence electrons. The van der Waals surface area contributed by atoms with Crippen molar-refractivity contribution < 1.29 is 4.74 Å². The summed E-state index contributed by atoms with van der Waals surface area (Å²) in [5.74, 6) is 1.41. The monoisotopic (exact) mass is 267 g/mol. The molecule has 0 bridgehead atoms. The van der Waals surface area contributed by atoms with Gasteiger partial charge in [0.15, 0.2) is 0 Å². The van der Waals surface area contributed by atoms with Crippen molar-refractivity contribution in [2.45, 2.75) is 38.0 Å². The standard InChI is InChI=1S/C13H21N3OS/c1-17-7-6-13(4-5-13)8-15-12-10(9-2-3-9)11(14)16-18-12/h9,15H,2-8H2,1H3,(H2,14,16). The van der Waals surface area contributed by atoms with Gasteiger partial charge < -0.3 is 15.8 Å². The van der Waals surface area contributed by atoms with Gasteiger partial charge in [0.25, 0.3) is 0 Å². The first-order chi connectivity index (χ1) is 8.74. The number of hydrogen-bond acceptors (Lipinski definition) is 5. The number of aromatic nitrogens is 1. The Labute approximate surface area is 112 Å². The van der Waals surface area contributed by atoms with Crippen LogP contribution in [0.4, 0.5) is 10.8 Å². The lowest BCUT2D eigenvalue weighted by molar-refractivity contribution is 0.175. The Hall–Kier alpha value is -0.810. The number of nitrogens with one attached hydrogen (secondary N) is 1. The summed E-state index contributed by atoms with van der Waals surface area (Å²) in [6, 6.07) is 0. The number of rotatable bonds is 7. The Morgan fingerprint density at radius 3 is 2.89 bits per heavy atom. The molecule has 1 aromatic heterocycles. The van der Waals surface area contributed by atoms with Gasteiger partial charge in [0.05, 0.1) is 0 Å². The molecule has 1 aromatic rings. The first-order valence-electron chi connectivity index (χ1n) is 6.72. The van der Waals surface area contributed by atoms with Gasteiger partial charge in [-0.2, -0.15) is 4.37 Å². The van der Waals surface area contributed by atoms with Crippen molar-refractivity contribution in [2.75, 3.05) is 31.3 Å². The minimum atomic E-state index is 0.468. The molecular formula is C13H21N3OS. The van der Waals surface area contributed by atoms with Crippen LogP contribution in [0.25, 0.3) is 0 Å². The van der Waals surface area contributed by atoms with Crippen molar-refractivity contribution in [2.24, 2.45) is 5.41 Å². The second kappa shape index (κ2) is 4.70. The highest BCUT2D eigenvalue weighted by Crippen LogP contribution is 2.51. The molecule has 0 radical (unpaired) electrons. The van der Waals surface area contributed by atoms with Crippen molar-refractivity contribution in [3.05, 3.63) is 5.56 Å². The third-order valence-electron chi connectivity index (χ3n) is 4.16. The van der Waals surface area contributed by atoms with Gasteiger partial charge in [-0.25, -0.2) is 0 Å². The molecule has 0 aromatic carbocycles. The summed E-state index contributed by atoms with van der Waals surface area (Å²) in [7, 11) is 1.78. The quantitative estimate of drug-likeness (QED) is 0.797. The molecule has 3 N–H and O–H groups in total. The highest BCUT2D eigenvalue weighted by atomic mass is 32.1. The topological polar surface area (TPSA) is 60.2 Å². The van der Waals surface area contributed by atoms with Gasteiger partial charge in [-0.05, 0) is 55.0 Å².